The molecule has 1 N–H and O–H groups in total. The summed E-state index contributed by atoms with van der Waals surface area (Å²) < 4.78 is 11.9. The van der Waals surface area contributed by atoms with Gasteiger partial charge in [0.2, 0.25) is 5.89 Å². The van der Waals surface area contributed by atoms with E-state index in [1.807, 2.05) is 55.5 Å². The lowest BCUT2D eigenvalue weighted by Gasteiger charge is -2.14. The van der Waals surface area contributed by atoms with E-state index in [-0.39, 0.29) is 12.5 Å². The van der Waals surface area contributed by atoms with Crippen LogP contribution in [0.25, 0.3) is 33.3 Å². The molecule has 1 heterocycles. The van der Waals surface area contributed by atoms with Gasteiger partial charge in [-0.1, -0.05) is 61.8 Å². The number of oxazole rings is 1. The van der Waals surface area contributed by atoms with Crippen LogP contribution in [0.15, 0.2) is 77.2 Å². The topological polar surface area (TPSA) is 64.4 Å². The van der Waals surface area contributed by atoms with Gasteiger partial charge in [0.05, 0.1) is 0 Å². The number of nitrogens with one attached hydrogen (secondary N) is 1. The maximum Gasteiger partial charge on any atom is 0.262 e. The normalized spacial score (nSPS) is 11.3. The average molecular weight is 485 g/mol. The van der Waals surface area contributed by atoms with Gasteiger partial charge in [0.1, 0.15) is 11.3 Å². The third kappa shape index (κ3) is 4.73. The van der Waals surface area contributed by atoms with Gasteiger partial charge in [0.25, 0.3) is 5.91 Å². The molecule has 0 bridgehead atoms. The van der Waals surface area contributed by atoms with Gasteiger partial charge in [-0.25, -0.2) is 4.98 Å². The van der Waals surface area contributed by atoms with Crippen LogP contribution >= 0.6 is 11.6 Å². The highest BCUT2D eigenvalue weighted by Gasteiger charge is 2.14. The molecule has 0 aliphatic rings. The number of amides is 1. The fourth-order valence-corrected chi connectivity index (χ4v) is 4.40. The summed E-state index contributed by atoms with van der Waals surface area (Å²) in [7, 11) is 0. The van der Waals surface area contributed by atoms with E-state index in [0.29, 0.717) is 33.6 Å². The Morgan fingerprint density at radius 2 is 1.83 bits per heavy atom. The lowest BCUT2D eigenvalue weighted by atomic mass is 10.0. The molecule has 1 amide bonds. The number of ether oxygens (including phenoxy) is 1. The monoisotopic (exact) mass is 484 g/mol. The van der Waals surface area contributed by atoms with E-state index in [2.05, 4.69) is 30.2 Å². The Bertz CT molecular complexity index is 1550. The van der Waals surface area contributed by atoms with Crippen LogP contribution in [-0.4, -0.2) is 17.5 Å². The number of carbonyl (C=O) groups is 1. The fourth-order valence-electron chi connectivity index (χ4n) is 4.16. The number of anilines is 1. The summed E-state index contributed by atoms with van der Waals surface area (Å²) in [6.45, 7) is 6.13. The molecule has 4 aromatic carbocycles. The van der Waals surface area contributed by atoms with Gasteiger partial charge < -0.3 is 14.5 Å². The Kier molecular flexibility index (Phi) is 6.18. The summed E-state index contributed by atoms with van der Waals surface area (Å²) in [5.74, 6) is 1.30. The van der Waals surface area contributed by atoms with Crippen LogP contribution in [0, 0.1) is 6.92 Å². The second kappa shape index (κ2) is 9.43. The van der Waals surface area contributed by atoms with Crippen molar-refractivity contribution in [2.24, 2.45) is 0 Å². The van der Waals surface area contributed by atoms with Crippen LogP contribution in [0.2, 0.25) is 5.02 Å². The van der Waals surface area contributed by atoms with E-state index < -0.39 is 0 Å². The molecule has 0 spiro atoms. The van der Waals surface area contributed by atoms with Crippen molar-refractivity contribution in [2.45, 2.75) is 26.7 Å². The van der Waals surface area contributed by atoms with Crippen molar-refractivity contribution in [3.05, 3.63) is 88.9 Å². The molecule has 0 aliphatic heterocycles. The molecule has 0 fully saturated rings. The summed E-state index contributed by atoms with van der Waals surface area (Å²) in [5.41, 5.74) is 4.94. The summed E-state index contributed by atoms with van der Waals surface area (Å²) in [5, 5.41) is 5.48. The van der Waals surface area contributed by atoms with Crippen molar-refractivity contribution >= 4 is 45.1 Å². The first-order chi connectivity index (χ1) is 16.9. The number of aryl methyl sites for hydroxylation is 1. The lowest BCUT2D eigenvalue weighted by Crippen LogP contribution is -2.20. The smallest absolute Gasteiger partial charge is 0.262 e. The van der Waals surface area contributed by atoms with E-state index in [1.165, 1.54) is 0 Å². The van der Waals surface area contributed by atoms with Crippen molar-refractivity contribution in [1.82, 2.24) is 4.98 Å². The molecular weight excluding hydrogens is 460 g/mol. The van der Waals surface area contributed by atoms with Crippen molar-refractivity contribution in [2.75, 3.05) is 11.9 Å². The first kappa shape index (κ1) is 22.9. The zero-order valence-electron chi connectivity index (χ0n) is 19.8. The molecule has 0 saturated heterocycles. The fraction of sp³-hybridized carbons (Fsp3) is 0.172. The molecular formula is C29H25ClN2O3. The third-order valence-electron chi connectivity index (χ3n) is 5.92. The summed E-state index contributed by atoms with van der Waals surface area (Å²) in [6, 6.07) is 23.1. The van der Waals surface area contributed by atoms with Gasteiger partial charge in [-0.3, -0.25) is 4.79 Å². The van der Waals surface area contributed by atoms with E-state index >= 15 is 0 Å². The minimum atomic E-state index is -0.243. The second-order valence-electron chi connectivity index (χ2n) is 8.87. The number of hydrogen-bond donors (Lipinski definition) is 1. The molecule has 5 aromatic rings. The quantitative estimate of drug-likeness (QED) is 0.267. The van der Waals surface area contributed by atoms with Crippen LogP contribution in [0.3, 0.4) is 0 Å². The van der Waals surface area contributed by atoms with Crippen molar-refractivity contribution in [3.8, 4) is 17.2 Å². The zero-order chi connectivity index (χ0) is 24.5. The highest BCUT2D eigenvalue weighted by molar-refractivity contribution is 6.35. The number of benzene rings is 4. The molecule has 0 aliphatic carbocycles. The molecule has 6 heteroatoms. The highest BCUT2D eigenvalue weighted by Crippen LogP contribution is 2.34. The van der Waals surface area contributed by atoms with Gasteiger partial charge in [-0.15, -0.1) is 0 Å². The molecule has 35 heavy (non-hydrogen) atoms. The summed E-state index contributed by atoms with van der Waals surface area (Å²) in [6.07, 6.45) is 0. The van der Waals surface area contributed by atoms with Crippen molar-refractivity contribution in [3.63, 3.8) is 0 Å². The summed E-state index contributed by atoms with van der Waals surface area (Å²) in [4.78, 5) is 17.3. The SMILES string of the molecule is Cc1ccc(C(C)C)c(OCC(=O)Nc2ccc3oc(-c4cccc5c(Cl)cccc45)nc3c2)c1. The third-order valence-corrected chi connectivity index (χ3v) is 6.25. The highest BCUT2D eigenvalue weighted by atomic mass is 35.5. The average Bonchev–Trinajstić information content (AvgIpc) is 3.26. The van der Waals surface area contributed by atoms with E-state index in [4.69, 9.17) is 20.8 Å². The minimum Gasteiger partial charge on any atom is -0.483 e. The number of nitrogens with zero attached hydrogens (tertiary/aromatic N) is 1. The van der Waals surface area contributed by atoms with Gasteiger partial charge in [0.15, 0.2) is 12.2 Å². The first-order valence-electron chi connectivity index (χ1n) is 11.5. The maximum atomic E-state index is 12.6. The van der Waals surface area contributed by atoms with Crippen LogP contribution in [-0.2, 0) is 4.79 Å². The Labute approximate surface area is 208 Å². The number of rotatable bonds is 6. The van der Waals surface area contributed by atoms with E-state index in [1.54, 1.807) is 18.2 Å². The Morgan fingerprint density at radius 3 is 2.66 bits per heavy atom. The molecule has 5 rings (SSSR count). The maximum absolute atomic E-state index is 12.6. The molecule has 0 unspecified atom stereocenters. The standard InChI is InChI=1S/C29H25ClN2O3/c1-17(2)20-12-10-18(3)14-27(20)34-16-28(33)31-19-11-13-26-25(15-19)32-29(35-26)23-8-4-7-22-21(23)6-5-9-24(22)30/h4-15,17H,16H2,1-3H3,(H,31,33). The van der Waals surface area contributed by atoms with Gasteiger partial charge in [0, 0.05) is 21.7 Å². The number of carbonyl (C=O) groups excluding carboxylic acids is 1. The van der Waals surface area contributed by atoms with Gasteiger partial charge in [-0.05, 0) is 65.8 Å². The van der Waals surface area contributed by atoms with E-state index in [9.17, 15) is 4.79 Å². The molecule has 176 valence electrons. The van der Waals surface area contributed by atoms with Crippen LogP contribution in [0.5, 0.6) is 5.75 Å². The zero-order valence-corrected chi connectivity index (χ0v) is 20.5. The number of hydrogen-bond acceptors (Lipinski definition) is 4. The van der Waals surface area contributed by atoms with E-state index in [0.717, 1.165) is 33.2 Å². The van der Waals surface area contributed by atoms with Crippen LogP contribution < -0.4 is 10.1 Å². The Hall–Kier alpha value is -3.83. The van der Waals surface area contributed by atoms with Gasteiger partial charge >= 0.3 is 0 Å². The largest absolute Gasteiger partial charge is 0.483 e. The molecule has 0 saturated carbocycles. The Morgan fingerprint density at radius 1 is 1.03 bits per heavy atom. The van der Waals surface area contributed by atoms with Gasteiger partial charge in [-0.2, -0.15) is 0 Å². The number of aromatic nitrogens is 1. The summed E-state index contributed by atoms with van der Waals surface area (Å²) >= 11 is 6.36. The van der Waals surface area contributed by atoms with Crippen molar-refractivity contribution in [1.29, 1.82) is 0 Å². The molecule has 0 atom stereocenters. The molecule has 1 aromatic heterocycles. The lowest BCUT2D eigenvalue weighted by molar-refractivity contribution is -0.118. The molecule has 5 nitrogen and oxygen atoms in total. The predicted molar refractivity (Wildman–Crippen MR) is 141 cm³/mol. The Balaban J connectivity index is 1.35. The molecule has 0 radical (unpaired) electrons. The first-order valence-corrected chi connectivity index (χ1v) is 11.9. The minimum absolute atomic E-state index is 0.0813. The van der Waals surface area contributed by atoms with Crippen molar-refractivity contribution < 1.29 is 13.9 Å². The second-order valence-corrected chi connectivity index (χ2v) is 9.28. The number of halogens is 1. The van der Waals surface area contributed by atoms with Crippen LogP contribution in [0.4, 0.5) is 5.69 Å². The number of fused-ring (bicyclic) bond motifs is 2. The van der Waals surface area contributed by atoms with Crippen LogP contribution in [0.1, 0.15) is 30.9 Å². The predicted octanol–water partition coefficient (Wildman–Crippen LogP) is 7.75.